The molecule has 7 nitrogen and oxygen atoms in total. The number of nitrogens with one attached hydrogen (secondary N) is 1. The molecule has 0 aliphatic carbocycles. The number of nitrogens with zero attached hydrogens (tertiary/aromatic N) is 3. The summed E-state index contributed by atoms with van der Waals surface area (Å²) in [6, 6.07) is 0. The maximum Gasteiger partial charge on any atom is 0.293 e. The molecule has 2 aromatic rings. The van der Waals surface area contributed by atoms with Gasteiger partial charge in [-0.1, -0.05) is 9.97 Å². The first-order valence-corrected chi connectivity index (χ1v) is 4.48. The number of H-pyrrole nitrogens is 1. The Kier molecular flexibility index (Phi) is 2.48. The molecule has 0 bridgehead atoms. The highest BCUT2D eigenvalue weighted by molar-refractivity contribution is 5.77. The zero-order valence-electron chi connectivity index (χ0n) is 7.96. The van der Waals surface area contributed by atoms with Crippen LogP contribution in [0.4, 0.5) is 5.82 Å². The van der Waals surface area contributed by atoms with Gasteiger partial charge in [0.05, 0.1) is 13.2 Å². The van der Waals surface area contributed by atoms with E-state index in [2.05, 4.69) is 15.0 Å². The maximum absolute atomic E-state index is 9.31. The van der Waals surface area contributed by atoms with Crippen LogP contribution >= 0.6 is 0 Å². The van der Waals surface area contributed by atoms with Gasteiger partial charge in [-0.2, -0.15) is 0 Å². The van der Waals surface area contributed by atoms with Gasteiger partial charge in [0.25, 0.3) is 5.65 Å². The molecule has 80 valence electrons. The van der Waals surface area contributed by atoms with Crippen LogP contribution in [0.15, 0.2) is 12.7 Å². The van der Waals surface area contributed by atoms with Gasteiger partial charge in [-0.15, -0.1) is 0 Å². The van der Waals surface area contributed by atoms with Crippen LogP contribution in [-0.4, -0.2) is 37.9 Å². The van der Waals surface area contributed by atoms with Crippen LogP contribution in [-0.2, 0) is 6.54 Å². The van der Waals surface area contributed by atoms with Gasteiger partial charge in [-0.3, -0.25) is 0 Å². The third-order valence-corrected chi connectivity index (χ3v) is 2.10. The summed E-state index contributed by atoms with van der Waals surface area (Å²) in [4.78, 5) is 10.9. The van der Waals surface area contributed by atoms with Crippen LogP contribution in [0.3, 0.4) is 0 Å². The molecule has 0 aliphatic heterocycles. The SMILES string of the molecule is Nc1nc[n+](C[C@@H](O)CO)c2nc[nH]c12. The molecule has 2 rings (SSSR count). The Morgan fingerprint density at radius 3 is 3.07 bits per heavy atom. The van der Waals surface area contributed by atoms with Crippen LogP contribution in [0.2, 0.25) is 0 Å². The van der Waals surface area contributed by atoms with Crippen molar-refractivity contribution in [2.45, 2.75) is 12.6 Å². The van der Waals surface area contributed by atoms with Gasteiger partial charge in [0.15, 0.2) is 11.8 Å². The third kappa shape index (κ3) is 1.74. The van der Waals surface area contributed by atoms with E-state index in [0.29, 0.717) is 17.0 Å². The van der Waals surface area contributed by atoms with E-state index in [-0.39, 0.29) is 13.2 Å². The molecule has 0 spiro atoms. The zero-order chi connectivity index (χ0) is 10.8. The number of anilines is 1. The van der Waals surface area contributed by atoms with E-state index in [1.807, 2.05) is 0 Å². The van der Waals surface area contributed by atoms with Crippen molar-refractivity contribution in [1.29, 1.82) is 0 Å². The first-order chi connectivity index (χ1) is 7.22. The van der Waals surface area contributed by atoms with E-state index in [1.165, 1.54) is 12.7 Å². The summed E-state index contributed by atoms with van der Waals surface area (Å²) in [5.41, 5.74) is 6.86. The molecule has 15 heavy (non-hydrogen) atoms. The number of fused-ring (bicyclic) bond motifs is 1. The molecule has 2 heterocycles. The number of aromatic nitrogens is 4. The summed E-state index contributed by atoms with van der Waals surface area (Å²) in [6.45, 7) is -0.0750. The van der Waals surface area contributed by atoms with Gasteiger partial charge in [-0.05, 0) is 0 Å². The fourth-order valence-corrected chi connectivity index (χ4v) is 1.36. The number of hydrogen-bond donors (Lipinski definition) is 4. The minimum absolute atomic E-state index is 0.227. The number of aliphatic hydroxyl groups excluding tert-OH is 2. The molecule has 0 amide bonds. The van der Waals surface area contributed by atoms with Crippen LogP contribution in [0.25, 0.3) is 11.2 Å². The minimum atomic E-state index is -0.833. The molecule has 0 aliphatic rings. The summed E-state index contributed by atoms with van der Waals surface area (Å²) >= 11 is 0. The quantitative estimate of drug-likeness (QED) is 0.446. The molecule has 1 atom stereocenters. The van der Waals surface area contributed by atoms with Crippen molar-refractivity contribution < 1.29 is 14.8 Å². The number of aliphatic hydroxyl groups is 2. The molecule has 0 saturated heterocycles. The van der Waals surface area contributed by atoms with Crippen LogP contribution in [0, 0.1) is 0 Å². The molecule has 0 saturated carbocycles. The smallest absolute Gasteiger partial charge is 0.293 e. The van der Waals surface area contributed by atoms with Gasteiger partial charge in [-0.25, -0.2) is 4.57 Å². The molecule has 0 unspecified atom stereocenters. The predicted molar refractivity (Wildman–Crippen MR) is 51.6 cm³/mol. The van der Waals surface area contributed by atoms with E-state index >= 15 is 0 Å². The fraction of sp³-hybridized carbons (Fsp3) is 0.375. The Balaban J connectivity index is 2.43. The molecule has 0 fully saturated rings. The second-order valence-electron chi connectivity index (χ2n) is 3.22. The highest BCUT2D eigenvalue weighted by Crippen LogP contribution is 2.08. The fourth-order valence-electron chi connectivity index (χ4n) is 1.36. The van der Waals surface area contributed by atoms with Gasteiger partial charge in [0.2, 0.25) is 12.1 Å². The van der Waals surface area contributed by atoms with Gasteiger partial charge in [0, 0.05) is 0 Å². The number of hydrogen-bond acceptors (Lipinski definition) is 5. The van der Waals surface area contributed by atoms with Crippen molar-refractivity contribution in [3.8, 4) is 0 Å². The van der Waals surface area contributed by atoms with Crippen molar-refractivity contribution in [2.75, 3.05) is 12.3 Å². The molecule has 2 aromatic heterocycles. The standard InChI is InChI=1S/C8H11N5O2/c9-7-6-8(11-3-10-6)13(4-12-7)1-5(15)2-14/h3-5,14-15H,1-2H2,(H2,9,10,11)/p+1/t5-/m1/s1. The Hall–Kier alpha value is -1.73. The largest absolute Gasteiger partial charge is 0.394 e. The number of nitrogen functional groups attached to an aromatic ring is 1. The molecular formula is C8H12N5O2+. The number of rotatable bonds is 3. The van der Waals surface area contributed by atoms with E-state index < -0.39 is 6.10 Å². The maximum atomic E-state index is 9.31. The Morgan fingerprint density at radius 1 is 1.53 bits per heavy atom. The Bertz CT molecular complexity index is 469. The second-order valence-corrected chi connectivity index (χ2v) is 3.22. The van der Waals surface area contributed by atoms with E-state index in [4.69, 9.17) is 10.8 Å². The molecule has 0 aromatic carbocycles. The lowest BCUT2D eigenvalue weighted by Crippen LogP contribution is -2.42. The zero-order valence-corrected chi connectivity index (χ0v) is 7.96. The van der Waals surface area contributed by atoms with E-state index in [1.54, 1.807) is 4.57 Å². The lowest BCUT2D eigenvalue weighted by Gasteiger charge is -2.05. The average molecular weight is 210 g/mol. The number of nitrogens with two attached hydrogens (primary N) is 1. The summed E-state index contributed by atoms with van der Waals surface area (Å²) in [7, 11) is 0. The lowest BCUT2D eigenvalue weighted by atomic mass is 10.3. The van der Waals surface area contributed by atoms with Crippen LogP contribution < -0.4 is 10.3 Å². The van der Waals surface area contributed by atoms with Crippen LogP contribution in [0.1, 0.15) is 0 Å². The topological polar surface area (TPSA) is 112 Å². The van der Waals surface area contributed by atoms with Crippen molar-refractivity contribution in [3.63, 3.8) is 0 Å². The highest BCUT2D eigenvalue weighted by atomic mass is 16.3. The lowest BCUT2D eigenvalue weighted by molar-refractivity contribution is -0.683. The molecule has 5 N–H and O–H groups in total. The van der Waals surface area contributed by atoms with E-state index in [0.717, 1.165) is 0 Å². The van der Waals surface area contributed by atoms with Gasteiger partial charge >= 0.3 is 0 Å². The molecule has 0 radical (unpaired) electrons. The second kappa shape index (κ2) is 3.79. The normalized spacial score (nSPS) is 13.2. The van der Waals surface area contributed by atoms with Crippen molar-refractivity contribution in [3.05, 3.63) is 12.7 Å². The summed E-state index contributed by atoms with van der Waals surface area (Å²) in [5.74, 6) is 0.359. The Morgan fingerprint density at radius 2 is 2.33 bits per heavy atom. The Labute approximate surface area is 85.2 Å². The first-order valence-electron chi connectivity index (χ1n) is 4.48. The highest BCUT2D eigenvalue weighted by Gasteiger charge is 2.16. The number of imidazole rings is 1. The predicted octanol–water partition coefficient (Wildman–Crippen LogP) is -1.82. The first kappa shape index (κ1) is 9.81. The molecule has 7 heteroatoms. The average Bonchev–Trinajstić information content (AvgIpc) is 2.71. The monoisotopic (exact) mass is 210 g/mol. The van der Waals surface area contributed by atoms with Crippen LogP contribution in [0.5, 0.6) is 0 Å². The van der Waals surface area contributed by atoms with Crippen molar-refractivity contribution in [2.24, 2.45) is 0 Å². The summed E-state index contributed by atoms with van der Waals surface area (Å²) < 4.78 is 1.63. The number of aromatic amines is 1. The minimum Gasteiger partial charge on any atom is -0.394 e. The van der Waals surface area contributed by atoms with Crippen molar-refractivity contribution >= 4 is 17.0 Å². The van der Waals surface area contributed by atoms with E-state index in [9.17, 15) is 5.11 Å². The summed E-state index contributed by atoms with van der Waals surface area (Å²) in [5, 5.41) is 18.0. The summed E-state index contributed by atoms with van der Waals surface area (Å²) in [6.07, 6.45) is 2.15. The third-order valence-electron chi connectivity index (χ3n) is 2.10. The van der Waals surface area contributed by atoms with Gasteiger partial charge in [0.1, 0.15) is 6.10 Å². The van der Waals surface area contributed by atoms with Gasteiger partial charge < -0.3 is 20.9 Å². The molecular weight excluding hydrogens is 198 g/mol. The van der Waals surface area contributed by atoms with Crippen molar-refractivity contribution in [1.82, 2.24) is 15.0 Å².